The van der Waals surface area contributed by atoms with Crippen LogP contribution in [-0.2, 0) is 16.6 Å². The Labute approximate surface area is 211 Å². The number of halogens is 1. The number of hydrogen-bond donors (Lipinski definition) is 0. The Morgan fingerprint density at radius 3 is 2.46 bits per heavy atom. The third kappa shape index (κ3) is 5.32. The zero-order valence-corrected chi connectivity index (χ0v) is 21.9. The number of benzene rings is 2. The topological polar surface area (TPSA) is 40.6 Å². The van der Waals surface area contributed by atoms with Crippen molar-refractivity contribution < 1.29 is 14.0 Å². The molecule has 1 aliphatic rings. The molecular weight excluding hydrogens is 459 g/mol. The van der Waals surface area contributed by atoms with Gasteiger partial charge < -0.3 is 9.80 Å². The normalized spacial score (nSPS) is 15.7. The molecule has 0 N–H and O–H groups in total. The Kier molecular flexibility index (Phi) is 7.13. The van der Waals surface area contributed by atoms with Gasteiger partial charge in [0.25, 0.3) is 5.91 Å². The highest BCUT2D eigenvalue weighted by atomic mass is 32.1. The number of carbonyl (C=O) groups excluding carboxylic acids is 2. The first kappa shape index (κ1) is 25.1. The maximum atomic E-state index is 13.8. The molecule has 1 aromatic heterocycles. The van der Waals surface area contributed by atoms with Crippen LogP contribution in [0, 0.1) is 5.82 Å². The van der Waals surface area contributed by atoms with Gasteiger partial charge in [0.1, 0.15) is 12.4 Å². The maximum absolute atomic E-state index is 13.8. The number of carbonyl (C=O) groups is 2. The zero-order valence-electron chi connectivity index (χ0n) is 21.0. The van der Waals surface area contributed by atoms with Crippen LogP contribution in [0.1, 0.15) is 72.6 Å². The molecule has 0 spiro atoms. The summed E-state index contributed by atoms with van der Waals surface area (Å²) in [5.41, 5.74) is 3.76. The predicted molar refractivity (Wildman–Crippen MR) is 139 cm³/mol. The minimum atomic E-state index is -0.467. The van der Waals surface area contributed by atoms with Crippen molar-refractivity contribution in [1.29, 1.82) is 0 Å². The van der Waals surface area contributed by atoms with Gasteiger partial charge in [-0.05, 0) is 72.0 Å². The van der Waals surface area contributed by atoms with Gasteiger partial charge in [-0.3, -0.25) is 9.59 Å². The van der Waals surface area contributed by atoms with Crippen molar-refractivity contribution in [3.63, 3.8) is 0 Å². The first-order valence-corrected chi connectivity index (χ1v) is 13.0. The highest BCUT2D eigenvalue weighted by Crippen LogP contribution is 2.38. The first-order chi connectivity index (χ1) is 16.6. The Hall–Kier alpha value is -2.99. The molecule has 2 aromatic carbocycles. The molecule has 0 fully saturated rings. The van der Waals surface area contributed by atoms with Crippen molar-refractivity contribution in [2.75, 3.05) is 13.1 Å². The Bertz CT molecular complexity index is 1210. The Morgan fingerprint density at radius 2 is 1.83 bits per heavy atom. The summed E-state index contributed by atoms with van der Waals surface area (Å²) < 4.78 is 13.8. The van der Waals surface area contributed by atoms with Gasteiger partial charge in [-0.15, -0.1) is 11.3 Å². The fourth-order valence-electron chi connectivity index (χ4n) is 4.62. The van der Waals surface area contributed by atoms with Crippen LogP contribution in [0.5, 0.6) is 0 Å². The van der Waals surface area contributed by atoms with Crippen molar-refractivity contribution in [2.45, 2.75) is 58.5 Å². The SMILES string of the molecule is CC(C)N(CC(=O)N1CCc2sccc2C1c1ccc(C(C)(C)C)cc1)C(=O)c1cccc(F)c1. The molecule has 2 amide bonds. The summed E-state index contributed by atoms with van der Waals surface area (Å²) in [6, 6.07) is 15.9. The van der Waals surface area contributed by atoms with Crippen molar-refractivity contribution in [2.24, 2.45) is 0 Å². The second kappa shape index (κ2) is 9.94. The van der Waals surface area contributed by atoms with Gasteiger partial charge in [-0.2, -0.15) is 0 Å². The van der Waals surface area contributed by atoms with Crippen LogP contribution in [0.4, 0.5) is 4.39 Å². The maximum Gasteiger partial charge on any atom is 0.254 e. The summed E-state index contributed by atoms with van der Waals surface area (Å²) >= 11 is 1.73. The van der Waals surface area contributed by atoms with Gasteiger partial charge in [0, 0.05) is 23.0 Å². The summed E-state index contributed by atoms with van der Waals surface area (Å²) in [4.78, 5) is 31.6. The number of hydrogen-bond acceptors (Lipinski definition) is 3. The van der Waals surface area contributed by atoms with Crippen molar-refractivity contribution >= 4 is 23.2 Å². The predicted octanol–water partition coefficient (Wildman–Crippen LogP) is 6.21. The highest BCUT2D eigenvalue weighted by molar-refractivity contribution is 7.10. The quantitative estimate of drug-likeness (QED) is 0.425. The van der Waals surface area contributed by atoms with E-state index in [1.165, 1.54) is 33.5 Å². The average molecular weight is 493 g/mol. The molecule has 1 aliphatic heterocycles. The zero-order chi connectivity index (χ0) is 25.3. The van der Waals surface area contributed by atoms with Crippen molar-refractivity contribution in [3.8, 4) is 0 Å². The molecule has 1 unspecified atom stereocenters. The molecule has 0 saturated heterocycles. The molecule has 184 valence electrons. The van der Waals surface area contributed by atoms with E-state index >= 15 is 0 Å². The van der Waals surface area contributed by atoms with Crippen LogP contribution in [0.2, 0.25) is 0 Å². The van der Waals surface area contributed by atoms with Crippen LogP contribution in [0.25, 0.3) is 0 Å². The fraction of sp³-hybridized carbons (Fsp3) is 0.379. The smallest absolute Gasteiger partial charge is 0.254 e. The summed E-state index contributed by atoms with van der Waals surface area (Å²) in [6.07, 6.45) is 0.800. The van der Waals surface area contributed by atoms with Crippen LogP contribution in [-0.4, -0.2) is 40.7 Å². The second-order valence-electron chi connectivity index (χ2n) is 10.4. The van der Waals surface area contributed by atoms with E-state index in [1.54, 1.807) is 17.4 Å². The first-order valence-electron chi connectivity index (χ1n) is 12.1. The van der Waals surface area contributed by atoms with E-state index < -0.39 is 5.82 Å². The van der Waals surface area contributed by atoms with Crippen LogP contribution in [0.3, 0.4) is 0 Å². The minimum absolute atomic E-state index is 0.0448. The van der Waals surface area contributed by atoms with E-state index in [2.05, 4.69) is 56.5 Å². The van der Waals surface area contributed by atoms with E-state index in [0.717, 1.165) is 17.5 Å². The van der Waals surface area contributed by atoms with Crippen LogP contribution in [0.15, 0.2) is 60.0 Å². The van der Waals surface area contributed by atoms with Gasteiger partial charge in [-0.1, -0.05) is 51.1 Å². The molecule has 0 aliphatic carbocycles. The van der Waals surface area contributed by atoms with Crippen LogP contribution >= 0.6 is 11.3 Å². The average Bonchev–Trinajstić information content (AvgIpc) is 3.29. The van der Waals surface area contributed by atoms with Gasteiger partial charge in [0.05, 0.1) is 6.04 Å². The number of thiophene rings is 1. The molecule has 4 nitrogen and oxygen atoms in total. The van der Waals surface area contributed by atoms with E-state index in [1.807, 2.05) is 18.7 Å². The standard InChI is InChI=1S/C29H33FN2O2S/c1-19(2)32(28(34)21-7-6-8-23(30)17-21)18-26(33)31-15-13-25-24(14-16-35-25)27(31)20-9-11-22(12-10-20)29(3,4)5/h6-12,14,16-17,19,27H,13,15,18H2,1-5H3. The molecule has 3 aromatic rings. The lowest BCUT2D eigenvalue weighted by molar-refractivity contribution is -0.134. The summed E-state index contributed by atoms with van der Waals surface area (Å²) in [7, 11) is 0. The molecule has 1 atom stereocenters. The van der Waals surface area contributed by atoms with E-state index in [0.29, 0.717) is 6.54 Å². The third-order valence-corrected chi connectivity index (χ3v) is 7.64. The summed E-state index contributed by atoms with van der Waals surface area (Å²) in [6.45, 7) is 10.9. The summed E-state index contributed by atoms with van der Waals surface area (Å²) in [5, 5.41) is 2.09. The molecule has 0 bridgehead atoms. The number of rotatable bonds is 5. The van der Waals surface area contributed by atoms with Gasteiger partial charge >= 0.3 is 0 Å². The lowest BCUT2D eigenvalue weighted by Crippen LogP contribution is -2.48. The summed E-state index contributed by atoms with van der Waals surface area (Å²) in [5.74, 6) is -0.914. The van der Waals surface area contributed by atoms with Crippen molar-refractivity contribution in [1.82, 2.24) is 9.80 Å². The second-order valence-corrected chi connectivity index (χ2v) is 11.4. The number of nitrogens with zero attached hydrogens (tertiary/aromatic N) is 2. The van der Waals surface area contributed by atoms with Gasteiger partial charge in [0.2, 0.25) is 5.91 Å². The number of amides is 2. The van der Waals surface area contributed by atoms with Crippen LogP contribution < -0.4 is 0 Å². The van der Waals surface area contributed by atoms with Crippen molar-refractivity contribution in [3.05, 3.63) is 92.9 Å². The number of fused-ring (bicyclic) bond motifs is 1. The largest absolute Gasteiger partial charge is 0.330 e. The molecule has 35 heavy (non-hydrogen) atoms. The monoisotopic (exact) mass is 492 g/mol. The molecule has 0 radical (unpaired) electrons. The van der Waals surface area contributed by atoms with E-state index in [4.69, 9.17) is 0 Å². The molecule has 2 heterocycles. The van der Waals surface area contributed by atoms with E-state index in [-0.39, 0.29) is 41.4 Å². The lowest BCUT2D eigenvalue weighted by Gasteiger charge is -2.38. The van der Waals surface area contributed by atoms with Gasteiger partial charge in [-0.25, -0.2) is 4.39 Å². The van der Waals surface area contributed by atoms with Gasteiger partial charge in [0.15, 0.2) is 0 Å². The minimum Gasteiger partial charge on any atom is -0.330 e. The lowest BCUT2D eigenvalue weighted by atomic mass is 9.85. The molecular formula is C29H33FN2O2S. The Morgan fingerprint density at radius 1 is 1.11 bits per heavy atom. The molecule has 6 heteroatoms. The molecule has 4 rings (SSSR count). The fourth-order valence-corrected chi connectivity index (χ4v) is 5.53. The Balaban J connectivity index is 1.63. The third-order valence-electron chi connectivity index (χ3n) is 6.64. The molecule has 0 saturated carbocycles. The van der Waals surface area contributed by atoms with E-state index in [9.17, 15) is 14.0 Å². The highest BCUT2D eigenvalue weighted by Gasteiger charge is 2.34.